The number of hydrogen-bond acceptors (Lipinski definition) is 3. The van der Waals surface area contributed by atoms with Gasteiger partial charge in [0.05, 0.1) is 0 Å². The zero-order valence-electron chi connectivity index (χ0n) is 18.7. The molecule has 0 saturated carbocycles. The van der Waals surface area contributed by atoms with Crippen molar-refractivity contribution in [2.24, 2.45) is 4.99 Å². The molecule has 2 rings (SSSR count). The van der Waals surface area contributed by atoms with Crippen molar-refractivity contribution in [1.82, 2.24) is 20.4 Å². The summed E-state index contributed by atoms with van der Waals surface area (Å²) < 4.78 is 0. The van der Waals surface area contributed by atoms with Gasteiger partial charge in [0.1, 0.15) is 0 Å². The van der Waals surface area contributed by atoms with Crippen LogP contribution in [-0.4, -0.2) is 56.5 Å². The third-order valence-electron chi connectivity index (χ3n) is 5.06. The van der Waals surface area contributed by atoms with Crippen molar-refractivity contribution >= 4 is 5.96 Å². The lowest BCUT2D eigenvalue weighted by Gasteiger charge is -2.25. The van der Waals surface area contributed by atoms with Crippen molar-refractivity contribution in [3.8, 4) is 0 Å². The van der Waals surface area contributed by atoms with Crippen molar-refractivity contribution in [3.63, 3.8) is 0 Å². The van der Waals surface area contributed by atoms with Gasteiger partial charge in [0.2, 0.25) is 0 Å². The third-order valence-corrected chi connectivity index (χ3v) is 5.06. The van der Waals surface area contributed by atoms with Crippen LogP contribution in [-0.2, 0) is 19.6 Å². The Bertz CT molecular complexity index is 742. The second-order valence-electron chi connectivity index (χ2n) is 7.95. The second kappa shape index (κ2) is 12.2. The smallest absolute Gasteiger partial charge is 0.191 e. The predicted octanol–water partition coefficient (Wildman–Crippen LogP) is 3.32. The van der Waals surface area contributed by atoms with Gasteiger partial charge in [-0.3, -0.25) is 9.89 Å². The van der Waals surface area contributed by atoms with Gasteiger partial charge in [-0.2, -0.15) is 0 Å². The molecule has 0 aliphatic rings. The maximum absolute atomic E-state index is 4.36. The molecule has 0 bridgehead atoms. The SMILES string of the molecule is CN=C(NCCC(C)N(C)Cc1ccccc1)NCc1cccc(CN(C)C)c1. The summed E-state index contributed by atoms with van der Waals surface area (Å²) in [6.45, 7) is 5.86. The van der Waals surface area contributed by atoms with Gasteiger partial charge in [-0.05, 0) is 51.2 Å². The van der Waals surface area contributed by atoms with E-state index in [-0.39, 0.29) is 0 Å². The summed E-state index contributed by atoms with van der Waals surface area (Å²) in [7, 11) is 8.19. The van der Waals surface area contributed by atoms with Crippen LogP contribution in [0.5, 0.6) is 0 Å². The van der Waals surface area contributed by atoms with E-state index >= 15 is 0 Å². The number of benzene rings is 2. The van der Waals surface area contributed by atoms with Crippen LogP contribution in [0.4, 0.5) is 0 Å². The monoisotopic (exact) mass is 395 g/mol. The molecule has 29 heavy (non-hydrogen) atoms. The van der Waals surface area contributed by atoms with Crippen LogP contribution in [0.2, 0.25) is 0 Å². The first-order valence-corrected chi connectivity index (χ1v) is 10.4. The Hall–Kier alpha value is -2.37. The van der Waals surface area contributed by atoms with Gasteiger partial charge in [0.25, 0.3) is 0 Å². The lowest BCUT2D eigenvalue weighted by atomic mass is 10.1. The highest BCUT2D eigenvalue weighted by Gasteiger charge is 2.10. The standard InChI is InChI=1S/C24H37N5/c1-20(29(5)19-21-10-7-6-8-11-21)14-15-26-24(25-2)27-17-22-12-9-13-23(16-22)18-28(3)4/h6-13,16,20H,14-15,17-19H2,1-5H3,(H2,25,26,27). The van der Waals surface area contributed by atoms with E-state index in [1.54, 1.807) is 0 Å². The molecule has 0 fully saturated rings. The van der Waals surface area contributed by atoms with Crippen molar-refractivity contribution in [2.75, 3.05) is 34.7 Å². The molecule has 0 aliphatic carbocycles. The Morgan fingerprint density at radius 2 is 1.59 bits per heavy atom. The Balaban J connectivity index is 1.73. The maximum atomic E-state index is 4.36. The molecule has 5 heteroatoms. The first-order valence-electron chi connectivity index (χ1n) is 10.4. The zero-order valence-corrected chi connectivity index (χ0v) is 18.7. The van der Waals surface area contributed by atoms with Crippen molar-refractivity contribution in [1.29, 1.82) is 0 Å². The lowest BCUT2D eigenvalue weighted by Crippen LogP contribution is -2.39. The minimum Gasteiger partial charge on any atom is -0.356 e. The van der Waals surface area contributed by atoms with Crippen LogP contribution in [0, 0.1) is 0 Å². The average Bonchev–Trinajstić information content (AvgIpc) is 2.71. The summed E-state index contributed by atoms with van der Waals surface area (Å²) in [4.78, 5) is 8.93. The Morgan fingerprint density at radius 3 is 2.28 bits per heavy atom. The van der Waals surface area contributed by atoms with Crippen LogP contribution < -0.4 is 10.6 Å². The number of rotatable bonds is 10. The number of nitrogens with one attached hydrogen (secondary N) is 2. The molecule has 0 spiro atoms. The lowest BCUT2D eigenvalue weighted by molar-refractivity contribution is 0.238. The van der Waals surface area contributed by atoms with Crippen LogP contribution in [0.15, 0.2) is 59.6 Å². The highest BCUT2D eigenvalue weighted by molar-refractivity contribution is 5.79. The summed E-state index contributed by atoms with van der Waals surface area (Å²) in [5.74, 6) is 0.848. The van der Waals surface area contributed by atoms with Crippen molar-refractivity contribution < 1.29 is 0 Å². The highest BCUT2D eigenvalue weighted by atomic mass is 15.2. The molecule has 2 aromatic rings. The highest BCUT2D eigenvalue weighted by Crippen LogP contribution is 2.08. The average molecular weight is 396 g/mol. The summed E-state index contributed by atoms with van der Waals surface area (Å²) in [5.41, 5.74) is 3.94. The van der Waals surface area contributed by atoms with Gasteiger partial charge >= 0.3 is 0 Å². The number of hydrogen-bond donors (Lipinski definition) is 2. The molecule has 5 nitrogen and oxygen atoms in total. The summed E-state index contributed by atoms with van der Waals surface area (Å²) in [5, 5.41) is 6.86. The largest absolute Gasteiger partial charge is 0.356 e. The van der Waals surface area contributed by atoms with Gasteiger partial charge in [0, 0.05) is 39.3 Å². The molecule has 0 heterocycles. The molecule has 2 aromatic carbocycles. The molecular weight excluding hydrogens is 358 g/mol. The van der Waals surface area contributed by atoms with Gasteiger partial charge in [-0.15, -0.1) is 0 Å². The summed E-state index contributed by atoms with van der Waals surface area (Å²) >= 11 is 0. The van der Waals surface area contributed by atoms with E-state index in [9.17, 15) is 0 Å². The first kappa shape index (κ1) is 22.9. The molecule has 1 atom stereocenters. The fourth-order valence-corrected chi connectivity index (χ4v) is 3.26. The zero-order chi connectivity index (χ0) is 21.1. The van der Waals surface area contributed by atoms with Crippen molar-refractivity contribution in [3.05, 3.63) is 71.3 Å². The van der Waals surface area contributed by atoms with Crippen molar-refractivity contribution in [2.45, 2.75) is 39.0 Å². The fourth-order valence-electron chi connectivity index (χ4n) is 3.26. The number of aliphatic imine (C=N–C) groups is 1. The van der Waals surface area contributed by atoms with E-state index in [4.69, 9.17) is 0 Å². The van der Waals surface area contributed by atoms with E-state index in [0.29, 0.717) is 6.04 Å². The van der Waals surface area contributed by atoms with E-state index in [1.807, 2.05) is 7.05 Å². The maximum Gasteiger partial charge on any atom is 0.191 e. The normalized spacial score (nSPS) is 13.0. The molecule has 158 valence electrons. The Morgan fingerprint density at radius 1 is 0.897 bits per heavy atom. The predicted molar refractivity (Wildman–Crippen MR) is 124 cm³/mol. The van der Waals surface area contributed by atoms with Gasteiger partial charge < -0.3 is 15.5 Å². The molecule has 0 saturated heterocycles. The van der Waals surface area contributed by atoms with Gasteiger partial charge in [0.15, 0.2) is 5.96 Å². The molecule has 1 unspecified atom stereocenters. The quantitative estimate of drug-likeness (QED) is 0.478. The van der Waals surface area contributed by atoms with Crippen LogP contribution in [0.1, 0.15) is 30.0 Å². The summed E-state index contributed by atoms with van der Waals surface area (Å²) in [6, 6.07) is 19.8. The number of guanidine groups is 1. The van der Waals surface area contributed by atoms with E-state index in [1.165, 1.54) is 16.7 Å². The molecule has 2 N–H and O–H groups in total. The Kier molecular flexibility index (Phi) is 9.68. The number of nitrogens with zero attached hydrogens (tertiary/aromatic N) is 3. The fraction of sp³-hybridized carbons (Fsp3) is 0.458. The van der Waals surface area contributed by atoms with Gasteiger partial charge in [-0.1, -0.05) is 54.6 Å². The molecule has 0 aromatic heterocycles. The van der Waals surface area contributed by atoms with Crippen LogP contribution in [0.25, 0.3) is 0 Å². The first-order chi connectivity index (χ1) is 14.0. The minimum atomic E-state index is 0.489. The molecule has 0 amide bonds. The van der Waals surface area contributed by atoms with Gasteiger partial charge in [-0.25, -0.2) is 0 Å². The molecule has 0 radical (unpaired) electrons. The second-order valence-corrected chi connectivity index (χ2v) is 7.95. The molecular formula is C24H37N5. The Labute approximate surface area is 176 Å². The third kappa shape index (κ3) is 8.67. The molecule has 0 aliphatic heterocycles. The van der Waals surface area contributed by atoms with E-state index in [2.05, 4.69) is 108 Å². The van der Waals surface area contributed by atoms with E-state index in [0.717, 1.165) is 38.6 Å². The van der Waals surface area contributed by atoms with Crippen LogP contribution in [0.3, 0.4) is 0 Å². The summed E-state index contributed by atoms with van der Waals surface area (Å²) in [6.07, 6.45) is 1.06. The topological polar surface area (TPSA) is 42.9 Å². The van der Waals surface area contributed by atoms with Crippen LogP contribution >= 0.6 is 0 Å². The minimum absolute atomic E-state index is 0.489. The van der Waals surface area contributed by atoms with E-state index < -0.39 is 0 Å².